The summed E-state index contributed by atoms with van der Waals surface area (Å²) in [6.45, 7) is 3.93. The number of halogens is 1. The lowest BCUT2D eigenvalue weighted by Gasteiger charge is -2.36. The van der Waals surface area contributed by atoms with Gasteiger partial charge in [0.2, 0.25) is 0 Å². The van der Waals surface area contributed by atoms with Crippen molar-refractivity contribution in [2.24, 2.45) is 5.92 Å². The molecule has 25 heavy (non-hydrogen) atoms. The minimum atomic E-state index is -0.727. The van der Waals surface area contributed by atoms with E-state index >= 15 is 0 Å². The molecule has 0 saturated heterocycles. The van der Waals surface area contributed by atoms with Crippen molar-refractivity contribution in [3.63, 3.8) is 0 Å². The number of amides is 1. The van der Waals surface area contributed by atoms with Crippen LogP contribution in [0.1, 0.15) is 19.4 Å². The van der Waals surface area contributed by atoms with Gasteiger partial charge in [-0.25, -0.2) is 4.39 Å². The highest BCUT2D eigenvalue weighted by Crippen LogP contribution is 2.39. The molecule has 3 rings (SSSR count). The van der Waals surface area contributed by atoms with Gasteiger partial charge in [-0.3, -0.25) is 14.9 Å². The second kappa shape index (κ2) is 6.51. The number of carbonyl (C=O) groups excluding carboxylic acids is 1. The number of rotatable bonds is 4. The first kappa shape index (κ1) is 16.9. The maximum atomic E-state index is 13.1. The third-order valence-electron chi connectivity index (χ3n) is 4.07. The Balaban J connectivity index is 2.01. The van der Waals surface area contributed by atoms with E-state index in [1.165, 1.54) is 35.2 Å². The van der Waals surface area contributed by atoms with Gasteiger partial charge in [0.1, 0.15) is 5.82 Å². The molecular weight excluding hydrogens is 327 g/mol. The number of hydrogen-bond donors (Lipinski definition) is 0. The van der Waals surface area contributed by atoms with E-state index < -0.39 is 11.0 Å². The average Bonchev–Trinajstić information content (AvgIpc) is 2.58. The lowest BCUT2D eigenvalue weighted by molar-refractivity contribution is -0.384. The van der Waals surface area contributed by atoms with Crippen molar-refractivity contribution in [3.8, 4) is 5.75 Å². The quantitative estimate of drug-likeness (QED) is 0.626. The van der Waals surface area contributed by atoms with Gasteiger partial charge in [0, 0.05) is 6.07 Å². The Hall–Kier alpha value is -2.96. The van der Waals surface area contributed by atoms with Crippen molar-refractivity contribution in [1.82, 2.24) is 0 Å². The van der Waals surface area contributed by atoms with Crippen LogP contribution in [-0.4, -0.2) is 16.9 Å². The molecule has 130 valence electrons. The summed E-state index contributed by atoms with van der Waals surface area (Å²) in [5.41, 5.74) is 1.12. The maximum absolute atomic E-state index is 13.1. The summed E-state index contributed by atoms with van der Waals surface area (Å²) >= 11 is 0. The van der Waals surface area contributed by atoms with Crippen LogP contribution in [0.15, 0.2) is 42.5 Å². The van der Waals surface area contributed by atoms with Crippen LogP contribution in [0, 0.1) is 21.8 Å². The average molecular weight is 344 g/mol. The Morgan fingerprint density at radius 3 is 2.52 bits per heavy atom. The molecule has 2 aromatic rings. The number of anilines is 1. The summed E-state index contributed by atoms with van der Waals surface area (Å²) in [4.78, 5) is 24.8. The van der Waals surface area contributed by atoms with Gasteiger partial charge in [0.25, 0.3) is 11.6 Å². The standard InChI is InChI=1S/C18H17FN2O4/c1-11(2)17-18(22)20(10-12-3-5-13(19)6-4-12)15-8-7-14(21(23)24)9-16(15)25-17/h3-9,11,17H,10H2,1-2H3. The van der Waals surface area contributed by atoms with E-state index in [9.17, 15) is 19.3 Å². The van der Waals surface area contributed by atoms with Gasteiger partial charge < -0.3 is 9.64 Å². The first-order valence-electron chi connectivity index (χ1n) is 7.87. The maximum Gasteiger partial charge on any atom is 0.273 e. The minimum absolute atomic E-state index is 0.0997. The van der Waals surface area contributed by atoms with Gasteiger partial charge in [-0.15, -0.1) is 0 Å². The fraction of sp³-hybridized carbons (Fsp3) is 0.278. The molecule has 1 aliphatic rings. The second-order valence-electron chi connectivity index (χ2n) is 6.24. The Labute approximate surface area is 144 Å². The second-order valence-corrected chi connectivity index (χ2v) is 6.24. The highest BCUT2D eigenvalue weighted by molar-refractivity contribution is 6.00. The number of benzene rings is 2. The van der Waals surface area contributed by atoms with Crippen molar-refractivity contribution < 1.29 is 18.8 Å². The van der Waals surface area contributed by atoms with Crippen LogP contribution >= 0.6 is 0 Å². The molecule has 0 bridgehead atoms. The number of non-ortho nitro benzene ring substituents is 1. The fourth-order valence-corrected chi connectivity index (χ4v) is 2.75. The molecule has 6 nitrogen and oxygen atoms in total. The normalized spacial score (nSPS) is 16.6. The van der Waals surface area contributed by atoms with Crippen LogP contribution in [-0.2, 0) is 11.3 Å². The van der Waals surface area contributed by atoms with Crippen molar-refractivity contribution in [2.75, 3.05) is 4.90 Å². The predicted molar refractivity (Wildman–Crippen MR) is 89.9 cm³/mol. The lowest BCUT2D eigenvalue weighted by atomic mass is 10.0. The fourth-order valence-electron chi connectivity index (χ4n) is 2.75. The molecule has 1 amide bonds. The van der Waals surface area contributed by atoms with Gasteiger partial charge >= 0.3 is 0 Å². The molecule has 0 saturated carbocycles. The zero-order valence-electron chi connectivity index (χ0n) is 13.8. The topological polar surface area (TPSA) is 72.7 Å². The molecule has 0 spiro atoms. The molecule has 0 aromatic heterocycles. The summed E-state index contributed by atoms with van der Waals surface area (Å²) in [5.74, 6) is -0.376. The SMILES string of the molecule is CC(C)C1Oc2cc([N+](=O)[O-])ccc2N(Cc2ccc(F)cc2)C1=O. The summed E-state index contributed by atoms with van der Waals surface area (Å²) in [6, 6.07) is 10.0. The van der Waals surface area contributed by atoms with Gasteiger partial charge in [-0.1, -0.05) is 26.0 Å². The van der Waals surface area contributed by atoms with E-state index in [-0.39, 0.29) is 29.9 Å². The molecule has 0 fully saturated rings. The lowest BCUT2D eigenvalue weighted by Crippen LogP contribution is -2.48. The highest BCUT2D eigenvalue weighted by Gasteiger charge is 2.37. The molecule has 1 unspecified atom stereocenters. The summed E-state index contributed by atoms with van der Waals surface area (Å²) in [7, 11) is 0. The molecule has 0 aliphatic carbocycles. The van der Waals surface area contributed by atoms with Gasteiger partial charge in [0.05, 0.1) is 23.2 Å². The van der Waals surface area contributed by atoms with Crippen LogP contribution in [0.5, 0.6) is 5.75 Å². The van der Waals surface area contributed by atoms with Crippen molar-refractivity contribution in [3.05, 3.63) is 64.0 Å². The van der Waals surface area contributed by atoms with Crippen LogP contribution in [0.3, 0.4) is 0 Å². The van der Waals surface area contributed by atoms with Crippen LogP contribution in [0.4, 0.5) is 15.8 Å². The van der Waals surface area contributed by atoms with Crippen molar-refractivity contribution in [1.29, 1.82) is 0 Å². The van der Waals surface area contributed by atoms with Crippen LogP contribution in [0.2, 0.25) is 0 Å². The number of nitro benzene ring substituents is 1. The van der Waals surface area contributed by atoms with E-state index in [2.05, 4.69) is 0 Å². The first-order valence-corrected chi connectivity index (χ1v) is 7.87. The zero-order chi connectivity index (χ0) is 18.1. The Morgan fingerprint density at radius 2 is 1.92 bits per heavy atom. The molecule has 1 aliphatic heterocycles. The zero-order valence-corrected chi connectivity index (χ0v) is 13.8. The van der Waals surface area contributed by atoms with Crippen molar-refractivity contribution in [2.45, 2.75) is 26.5 Å². The van der Waals surface area contributed by atoms with Crippen LogP contribution in [0.25, 0.3) is 0 Å². The highest BCUT2D eigenvalue weighted by atomic mass is 19.1. The first-order chi connectivity index (χ1) is 11.9. The van der Waals surface area contributed by atoms with Gasteiger partial charge in [-0.05, 0) is 29.7 Å². The van der Waals surface area contributed by atoms with E-state index in [4.69, 9.17) is 4.74 Å². The monoisotopic (exact) mass is 344 g/mol. The number of ether oxygens (including phenoxy) is 1. The smallest absolute Gasteiger partial charge is 0.273 e. The number of carbonyl (C=O) groups is 1. The third kappa shape index (κ3) is 3.31. The van der Waals surface area contributed by atoms with Gasteiger partial charge in [-0.2, -0.15) is 0 Å². The number of fused-ring (bicyclic) bond motifs is 1. The molecule has 7 heteroatoms. The molecule has 2 aromatic carbocycles. The minimum Gasteiger partial charge on any atom is -0.478 e. The number of nitro groups is 1. The molecular formula is C18H17FN2O4. The van der Waals surface area contributed by atoms with E-state index in [1.807, 2.05) is 13.8 Å². The Morgan fingerprint density at radius 1 is 1.24 bits per heavy atom. The molecule has 0 radical (unpaired) electrons. The summed E-state index contributed by atoms with van der Waals surface area (Å²) in [5, 5.41) is 11.0. The van der Waals surface area contributed by atoms with E-state index in [1.54, 1.807) is 12.1 Å². The Bertz CT molecular complexity index is 820. The molecule has 1 atom stereocenters. The third-order valence-corrected chi connectivity index (χ3v) is 4.07. The Kier molecular flexibility index (Phi) is 4.39. The van der Waals surface area contributed by atoms with Crippen molar-refractivity contribution >= 4 is 17.3 Å². The number of nitrogens with zero attached hydrogens (tertiary/aromatic N) is 2. The largest absolute Gasteiger partial charge is 0.478 e. The predicted octanol–water partition coefficient (Wildman–Crippen LogP) is 3.68. The summed E-state index contributed by atoms with van der Waals surface area (Å²) < 4.78 is 18.8. The van der Waals surface area contributed by atoms with Crippen LogP contribution < -0.4 is 9.64 Å². The summed E-state index contributed by atoms with van der Waals surface area (Å²) in [6.07, 6.45) is -0.727. The molecule has 0 N–H and O–H groups in total. The molecule has 1 heterocycles. The van der Waals surface area contributed by atoms with E-state index in [0.29, 0.717) is 11.4 Å². The van der Waals surface area contributed by atoms with Gasteiger partial charge in [0.15, 0.2) is 11.9 Å². The number of hydrogen-bond acceptors (Lipinski definition) is 4. The van der Waals surface area contributed by atoms with E-state index in [0.717, 1.165) is 5.56 Å².